The van der Waals surface area contributed by atoms with E-state index in [0.29, 0.717) is 30.1 Å². The summed E-state index contributed by atoms with van der Waals surface area (Å²) >= 11 is 0. The molecule has 0 aliphatic heterocycles. The molecule has 0 aliphatic carbocycles. The molecular formula is C30H38O9. The Balaban J connectivity index is 0.000000956. The van der Waals surface area contributed by atoms with Crippen molar-refractivity contribution in [3.63, 3.8) is 0 Å². The summed E-state index contributed by atoms with van der Waals surface area (Å²) in [5.74, 6) is -1.55. The molecule has 2 rings (SSSR count). The number of methoxy groups -OCH3 is 1. The van der Waals surface area contributed by atoms with Crippen LogP contribution in [0.3, 0.4) is 0 Å². The van der Waals surface area contributed by atoms with Crippen molar-refractivity contribution in [2.75, 3.05) is 20.3 Å². The maximum absolute atomic E-state index is 12.5. The molecule has 212 valence electrons. The summed E-state index contributed by atoms with van der Waals surface area (Å²) in [6.45, 7) is 11.0. The molecule has 0 aromatic heterocycles. The molecule has 0 radical (unpaired) electrons. The van der Waals surface area contributed by atoms with Crippen molar-refractivity contribution in [3.8, 4) is 23.0 Å². The minimum Gasteiger partial charge on any atom is -0.508 e. The number of hydrogen-bond acceptors (Lipinski definition) is 9. The zero-order valence-corrected chi connectivity index (χ0v) is 22.8. The summed E-state index contributed by atoms with van der Waals surface area (Å²) in [6.07, 6.45) is 5.77. The van der Waals surface area contributed by atoms with E-state index in [-0.39, 0.29) is 40.3 Å². The van der Waals surface area contributed by atoms with Crippen molar-refractivity contribution < 1.29 is 43.9 Å². The van der Waals surface area contributed by atoms with Crippen LogP contribution in [0.1, 0.15) is 68.3 Å². The van der Waals surface area contributed by atoms with E-state index >= 15 is 0 Å². The van der Waals surface area contributed by atoms with Gasteiger partial charge in [0.1, 0.15) is 23.0 Å². The highest BCUT2D eigenvalue weighted by molar-refractivity contribution is 6.12. The molecule has 0 saturated carbocycles. The Morgan fingerprint density at radius 2 is 1.23 bits per heavy atom. The molecule has 0 spiro atoms. The first-order chi connectivity index (χ1) is 18.5. The van der Waals surface area contributed by atoms with E-state index in [4.69, 9.17) is 9.47 Å². The lowest BCUT2D eigenvalue weighted by molar-refractivity contribution is -0.139. The normalized spacial score (nSPS) is 10.0. The van der Waals surface area contributed by atoms with E-state index < -0.39 is 5.78 Å². The number of benzene rings is 2. The molecular weight excluding hydrogens is 504 g/mol. The second-order valence-electron chi connectivity index (χ2n) is 8.87. The van der Waals surface area contributed by atoms with Crippen molar-refractivity contribution in [1.29, 1.82) is 0 Å². The van der Waals surface area contributed by atoms with Crippen molar-refractivity contribution in [3.05, 3.63) is 71.8 Å². The first-order valence-corrected chi connectivity index (χ1v) is 12.6. The van der Waals surface area contributed by atoms with Gasteiger partial charge in [-0.05, 0) is 51.0 Å². The van der Waals surface area contributed by atoms with Crippen LogP contribution >= 0.6 is 0 Å². The van der Waals surface area contributed by atoms with E-state index in [2.05, 4.69) is 17.9 Å². The number of phenols is 3. The van der Waals surface area contributed by atoms with Crippen LogP contribution in [-0.4, -0.2) is 53.4 Å². The number of ether oxygens (including phenoxy) is 3. The van der Waals surface area contributed by atoms with E-state index in [9.17, 15) is 29.7 Å². The summed E-state index contributed by atoms with van der Waals surface area (Å²) in [5.41, 5.74) is 0.867. The molecule has 0 saturated heterocycles. The molecule has 39 heavy (non-hydrogen) atoms. The summed E-state index contributed by atoms with van der Waals surface area (Å²) in [5, 5.41) is 29.4. The van der Waals surface area contributed by atoms with Crippen LogP contribution in [0.25, 0.3) is 0 Å². The van der Waals surface area contributed by atoms with Gasteiger partial charge in [0, 0.05) is 23.3 Å². The van der Waals surface area contributed by atoms with Crippen molar-refractivity contribution >= 4 is 17.7 Å². The van der Waals surface area contributed by atoms with Gasteiger partial charge in [-0.3, -0.25) is 4.79 Å². The van der Waals surface area contributed by atoms with Crippen molar-refractivity contribution in [2.24, 2.45) is 0 Å². The van der Waals surface area contributed by atoms with Crippen molar-refractivity contribution in [2.45, 2.75) is 52.4 Å². The van der Waals surface area contributed by atoms with Gasteiger partial charge >= 0.3 is 11.9 Å². The Kier molecular flexibility index (Phi) is 14.5. The molecule has 0 amide bonds. The van der Waals surface area contributed by atoms with Gasteiger partial charge in [0.2, 0.25) is 0 Å². The van der Waals surface area contributed by atoms with Crippen LogP contribution < -0.4 is 4.74 Å². The molecule has 0 aliphatic rings. The molecule has 3 N–H and O–H groups in total. The maximum Gasteiger partial charge on any atom is 0.333 e. The van der Waals surface area contributed by atoms with Gasteiger partial charge < -0.3 is 29.5 Å². The van der Waals surface area contributed by atoms with Gasteiger partial charge in [-0.25, -0.2) is 9.59 Å². The average molecular weight is 543 g/mol. The van der Waals surface area contributed by atoms with Gasteiger partial charge in [0.25, 0.3) is 0 Å². The molecule has 0 unspecified atom stereocenters. The third kappa shape index (κ3) is 12.2. The smallest absolute Gasteiger partial charge is 0.333 e. The minimum absolute atomic E-state index is 0.0132. The fourth-order valence-corrected chi connectivity index (χ4v) is 3.21. The molecule has 9 nitrogen and oxygen atoms in total. The van der Waals surface area contributed by atoms with E-state index in [1.54, 1.807) is 19.9 Å². The summed E-state index contributed by atoms with van der Waals surface area (Å²) in [7, 11) is 1.33. The Bertz CT molecular complexity index is 1150. The molecule has 0 heterocycles. The fourth-order valence-electron chi connectivity index (χ4n) is 3.21. The highest BCUT2D eigenvalue weighted by atomic mass is 16.5. The number of carbonyl (C=O) groups is 3. The molecule has 2 aromatic rings. The number of esters is 2. The van der Waals surface area contributed by atoms with Crippen LogP contribution in [0.4, 0.5) is 0 Å². The molecule has 0 bridgehead atoms. The molecule has 0 atom stereocenters. The van der Waals surface area contributed by atoms with Crippen molar-refractivity contribution in [1.82, 2.24) is 0 Å². The van der Waals surface area contributed by atoms with Gasteiger partial charge in [0.05, 0.1) is 31.5 Å². The van der Waals surface area contributed by atoms with Crippen LogP contribution in [0.2, 0.25) is 0 Å². The SMILES string of the molecule is C=C(C)C(=O)OC.C=C(C)C(=O)OCCCCCCCCOc1ccc(C(=O)c2ccc(O)cc2O)c(O)c1. The number of hydrogen-bond donors (Lipinski definition) is 3. The minimum atomic E-state index is -0.555. The lowest BCUT2D eigenvalue weighted by Gasteiger charge is -2.10. The second-order valence-corrected chi connectivity index (χ2v) is 8.87. The predicted molar refractivity (Wildman–Crippen MR) is 147 cm³/mol. The number of rotatable bonds is 14. The number of aromatic hydroxyl groups is 3. The van der Waals surface area contributed by atoms with Crippen LogP contribution in [0.15, 0.2) is 60.7 Å². The lowest BCUT2D eigenvalue weighted by atomic mass is 10.0. The van der Waals surface area contributed by atoms with Gasteiger partial charge in [-0.15, -0.1) is 0 Å². The van der Waals surface area contributed by atoms with Crippen LogP contribution in [0, 0.1) is 0 Å². The van der Waals surface area contributed by atoms with Gasteiger partial charge in [-0.1, -0.05) is 38.8 Å². The number of carbonyl (C=O) groups excluding carboxylic acids is 3. The van der Waals surface area contributed by atoms with E-state index in [1.807, 2.05) is 0 Å². The number of phenolic OH excluding ortho intramolecular Hbond substituents is 3. The largest absolute Gasteiger partial charge is 0.508 e. The highest BCUT2D eigenvalue weighted by Gasteiger charge is 2.18. The van der Waals surface area contributed by atoms with Gasteiger partial charge in [0.15, 0.2) is 5.78 Å². The molecule has 9 heteroatoms. The third-order valence-electron chi connectivity index (χ3n) is 5.36. The Labute approximate surface area is 229 Å². The molecule has 0 fully saturated rings. The first-order valence-electron chi connectivity index (χ1n) is 12.6. The standard InChI is InChI=1S/C25H30O7.C5H8O2/c1-17(2)25(30)32-14-8-6-4-3-5-7-13-31-19-10-12-21(23(28)16-19)24(29)20-11-9-18(26)15-22(20)27;1-4(2)5(6)7-3/h9-12,15-16,26-28H,1,3-8,13-14H2,2H3;1H2,2-3H3. The second kappa shape index (κ2) is 17.3. The highest BCUT2D eigenvalue weighted by Crippen LogP contribution is 2.30. The lowest BCUT2D eigenvalue weighted by Crippen LogP contribution is -2.06. The maximum atomic E-state index is 12.5. The Hall–Kier alpha value is -4.27. The fraction of sp³-hybridized carbons (Fsp3) is 0.367. The third-order valence-corrected chi connectivity index (χ3v) is 5.36. The van der Waals surface area contributed by atoms with E-state index in [1.165, 1.54) is 31.4 Å². The zero-order valence-electron chi connectivity index (χ0n) is 22.8. The first kappa shape index (κ1) is 32.8. The summed E-state index contributed by atoms with van der Waals surface area (Å²) in [6, 6.07) is 8.07. The van der Waals surface area contributed by atoms with Gasteiger partial charge in [-0.2, -0.15) is 0 Å². The summed E-state index contributed by atoms with van der Waals surface area (Å²) in [4.78, 5) is 34.0. The zero-order chi connectivity index (χ0) is 29.4. The number of unbranched alkanes of at least 4 members (excludes halogenated alkanes) is 5. The Morgan fingerprint density at radius 3 is 1.72 bits per heavy atom. The average Bonchev–Trinajstić information content (AvgIpc) is 2.89. The van der Waals surface area contributed by atoms with E-state index in [0.717, 1.165) is 44.6 Å². The van der Waals surface area contributed by atoms with Crippen LogP contribution in [-0.2, 0) is 19.1 Å². The topological polar surface area (TPSA) is 140 Å². The monoisotopic (exact) mass is 542 g/mol. The molecule has 2 aromatic carbocycles. The quantitative estimate of drug-likeness (QED) is 0.120. The van der Waals surface area contributed by atoms with Crippen LogP contribution in [0.5, 0.6) is 23.0 Å². The summed E-state index contributed by atoms with van der Waals surface area (Å²) < 4.78 is 15.0. The number of ketones is 1. The Morgan fingerprint density at radius 1 is 0.718 bits per heavy atom. The predicted octanol–water partition coefficient (Wildman–Crippen LogP) is 5.61.